The van der Waals surface area contributed by atoms with E-state index in [2.05, 4.69) is 25.5 Å². The second-order valence-corrected chi connectivity index (χ2v) is 5.78. The van der Waals surface area contributed by atoms with Crippen LogP contribution in [0.5, 0.6) is 0 Å². The Morgan fingerprint density at radius 3 is 3.12 bits per heavy atom. The lowest BCUT2D eigenvalue weighted by molar-refractivity contribution is -0.125. The van der Waals surface area contributed by atoms with Gasteiger partial charge in [0, 0.05) is 49.1 Å². The molecule has 8 heteroatoms. The average molecular weight is 323 g/mol. The molecule has 0 aliphatic carbocycles. The molecule has 122 valence electrons. The van der Waals surface area contributed by atoms with Gasteiger partial charge in [-0.15, -0.1) is 0 Å². The zero-order chi connectivity index (χ0) is 16.4. The normalized spacial score (nSPS) is 16.6. The summed E-state index contributed by atoms with van der Waals surface area (Å²) in [6, 6.07) is 5.75. The number of aromatic nitrogens is 6. The second kappa shape index (κ2) is 6.23. The second-order valence-electron chi connectivity index (χ2n) is 5.78. The number of nitrogens with zero attached hydrogens (tertiary/aromatic N) is 6. The fourth-order valence-corrected chi connectivity index (χ4v) is 3.01. The van der Waals surface area contributed by atoms with Crippen molar-refractivity contribution in [1.82, 2.24) is 34.8 Å². The quantitative estimate of drug-likeness (QED) is 0.764. The number of fused-ring (bicyclic) bond motifs is 1. The summed E-state index contributed by atoms with van der Waals surface area (Å²) in [6.07, 6.45) is 8.08. The monoisotopic (exact) mass is 323 g/mol. The molecule has 1 aliphatic rings. The Hall–Kier alpha value is -3.03. The van der Waals surface area contributed by atoms with E-state index in [1.54, 1.807) is 23.4 Å². The highest BCUT2D eigenvalue weighted by Gasteiger charge is 2.25. The smallest absolute Gasteiger partial charge is 0.223 e. The molecule has 3 aromatic rings. The van der Waals surface area contributed by atoms with Crippen molar-refractivity contribution in [2.24, 2.45) is 5.92 Å². The third-order valence-corrected chi connectivity index (χ3v) is 4.28. The van der Waals surface area contributed by atoms with Crippen molar-refractivity contribution in [2.75, 3.05) is 0 Å². The number of nitrogens with one attached hydrogen (secondary N) is 1. The maximum absolute atomic E-state index is 12.5. The lowest BCUT2D eigenvalue weighted by atomic mass is 9.95. The molecule has 4 heterocycles. The number of rotatable bonds is 4. The molecule has 0 aromatic carbocycles. The molecular weight excluding hydrogens is 306 g/mol. The molecule has 1 atom stereocenters. The van der Waals surface area contributed by atoms with Gasteiger partial charge in [0.25, 0.3) is 0 Å². The van der Waals surface area contributed by atoms with E-state index in [4.69, 9.17) is 0 Å². The summed E-state index contributed by atoms with van der Waals surface area (Å²) in [5, 5.41) is 11.4. The van der Waals surface area contributed by atoms with E-state index in [9.17, 15) is 4.79 Å². The van der Waals surface area contributed by atoms with E-state index in [1.807, 2.05) is 22.9 Å². The summed E-state index contributed by atoms with van der Waals surface area (Å²) in [5.74, 6) is 0.730. The fraction of sp³-hybridized carbons (Fsp3) is 0.312. The topological polar surface area (TPSA) is 90.5 Å². The Morgan fingerprint density at radius 1 is 1.29 bits per heavy atom. The number of hydrogen-bond acceptors (Lipinski definition) is 5. The van der Waals surface area contributed by atoms with E-state index < -0.39 is 0 Å². The Balaban J connectivity index is 1.44. The minimum absolute atomic E-state index is 0.0132. The van der Waals surface area contributed by atoms with Crippen molar-refractivity contribution in [3.05, 3.63) is 54.5 Å². The molecule has 8 nitrogen and oxygen atoms in total. The highest BCUT2D eigenvalue weighted by atomic mass is 16.1. The molecule has 0 bridgehead atoms. The lowest BCUT2D eigenvalue weighted by Gasteiger charge is -2.22. The van der Waals surface area contributed by atoms with Crippen LogP contribution in [-0.2, 0) is 24.3 Å². The maximum Gasteiger partial charge on any atom is 0.223 e. The van der Waals surface area contributed by atoms with Crippen LogP contribution in [0.25, 0.3) is 5.82 Å². The molecule has 0 saturated carbocycles. The molecule has 3 aromatic heterocycles. The molecule has 0 saturated heterocycles. The van der Waals surface area contributed by atoms with Crippen LogP contribution < -0.4 is 5.32 Å². The van der Waals surface area contributed by atoms with E-state index in [0.717, 1.165) is 30.6 Å². The van der Waals surface area contributed by atoms with Gasteiger partial charge >= 0.3 is 0 Å². The van der Waals surface area contributed by atoms with Crippen molar-refractivity contribution in [2.45, 2.75) is 25.9 Å². The van der Waals surface area contributed by atoms with Gasteiger partial charge in [-0.05, 0) is 18.6 Å². The van der Waals surface area contributed by atoms with Gasteiger partial charge < -0.3 is 5.32 Å². The van der Waals surface area contributed by atoms with Gasteiger partial charge in [0.15, 0.2) is 5.82 Å². The number of amides is 1. The van der Waals surface area contributed by atoms with Crippen LogP contribution in [0.2, 0.25) is 0 Å². The standard InChI is InChI=1S/C16H17N7O/c24-16(12-4-7-22-14(8-12)3-6-20-22)19-9-13-2-1-5-18-15(13)23-11-17-10-21-23/h1-3,5-6,10-12H,4,7-9H2,(H,19,24). The number of aryl methyl sites for hydroxylation is 1. The van der Waals surface area contributed by atoms with Gasteiger partial charge in [-0.3, -0.25) is 9.48 Å². The predicted molar refractivity (Wildman–Crippen MR) is 85.0 cm³/mol. The largest absolute Gasteiger partial charge is 0.352 e. The molecule has 0 radical (unpaired) electrons. The van der Waals surface area contributed by atoms with Gasteiger partial charge in [0.05, 0.1) is 0 Å². The van der Waals surface area contributed by atoms with Crippen LogP contribution in [0, 0.1) is 5.92 Å². The molecule has 1 aliphatic heterocycles. The number of carbonyl (C=O) groups excluding carboxylic acids is 1. The van der Waals surface area contributed by atoms with Crippen LogP contribution in [0.1, 0.15) is 17.7 Å². The third kappa shape index (κ3) is 2.78. The summed E-state index contributed by atoms with van der Waals surface area (Å²) < 4.78 is 3.56. The van der Waals surface area contributed by atoms with Gasteiger partial charge in [-0.25, -0.2) is 14.6 Å². The number of carbonyl (C=O) groups is 1. The van der Waals surface area contributed by atoms with Crippen LogP contribution in [0.4, 0.5) is 0 Å². The Bertz CT molecular complexity index is 840. The van der Waals surface area contributed by atoms with Crippen molar-refractivity contribution in [3.63, 3.8) is 0 Å². The number of hydrogen-bond donors (Lipinski definition) is 1. The van der Waals surface area contributed by atoms with Crippen LogP contribution in [0.3, 0.4) is 0 Å². The fourth-order valence-electron chi connectivity index (χ4n) is 3.01. The summed E-state index contributed by atoms with van der Waals surface area (Å²) in [6.45, 7) is 1.20. The van der Waals surface area contributed by atoms with Crippen LogP contribution in [0.15, 0.2) is 43.2 Å². The van der Waals surface area contributed by atoms with Gasteiger partial charge in [-0.1, -0.05) is 6.07 Å². The van der Waals surface area contributed by atoms with Crippen molar-refractivity contribution < 1.29 is 4.79 Å². The summed E-state index contributed by atoms with van der Waals surface area (Å²) in [4.78, 5) is 20.8. The first kappa shape index (κ1) is 14.6. The SMILES string of the molecule is O=C(NCc1cccnc1-n1cncn1)C1CCn2nccc2C1. The molecule has 24 heavy (non-hydrogen) atoms. The highest BCUT2D eigenvalue weighted by molar-refractivity contribution is 5.79. The van der Waals surface area contributed by atoms with E-state index >= 15 is 0 Å². The first-order valence-corrected chi connectivity index (χ1v) is 7.88. The Labute approximate surface area is 138 Å². The minimum atomic E-state index is -0.0132. The molecular formula is C16H17N7O. The van der Waals surface area contributed by atoms with Crippen LogP contribution >= 0.6 is 0 Å². The first-order chi connectivity index (χ1) is 11.8. The van der Waals surface area contributed by atoms with E-state index in [0.29, 0.717) is 12.4 Å². The highest BCUT2D eigenvalue weighted by Crippen LogP contribution is 2.20. The van der Waals surface area contributed by atoms with Gasteiger partial charge in [0.1, 0.15) is 12.7 Å². The third-order valence-electron chi connectivity index (χ3n) is 4.28. The molecule has 1 amide bonds. The lowest BCUT2D eigenvalue weighted by Crippen LogP contribution is -2.35. The maximum atomic E-state index is 12.5. The molecule has 4 rings (SSSR count). The summed E-state index contributed by atoms with van der Waals surface area (Å²) in [7, 11) is 0. The van der Waals surface area contributed by atoms with Crippen molar-refractivity contribution >= 4 is 5.91 Å². The van der Waals surface area contributed by atoms with Crippen molar-refractivity contribution in [3.8, 4) is 5.82 Å². The van der Waals surface area contributed by atoms with Gasteiger partial charge in [0.2, 0.25) is 5.91 Å². The first-order valence-electron chi connectivity index (χ1n) is 7.88. The molecule has 1 N–H and O–H groups in total. The average Bonchev–Trinajstić information content (AvgIpc) is 3.30. The zero-order valence-corrected chi connectivity index (χ0v) is 13.0. The zero-order valence-electron chi connectivity index (χ0n) is 13.0. The Morgan fingerprint density at radius 2 is 2.25 bits per heavy atom. The number of pyridine rings is 1. The Kier molecular flexibility index (Phi) is 3.78. The van der Waals surface area contributed by atoms with E-state index in [-0.39, 0.29) is 11.8 Å². The summed E-state index contributed by atoms with van der Waals surface area (Å²) >= 11 is 0. The van der Waals surface area contributed by atoms with E-state index in [1.165, 1.54) is 6.33 Å². The molecule has 0 spiro atoms. The van der Waals surface area contributed by atoms with Crippen molar-refractivity contribution in [1.29, 1.82) is 0 Å². The summed E-state index contributed by atoms with van der Waals surface area (Å²) in [5.41, 5.74) is 2.02. The molecule has 0 fully saturated rings. The predicted octanol–water partition coefficient (Wildman–Crippen LogP) is 0.738. The van der Waals surface area contributed by atoms with Crippen LogP contribution in [-0.4, -0.2) is 35.4 Å². The molecule has 1 unspecified atom stereocenters. The van der Waals surface area contributed by atoms with Gasteiger partial charge in [-0.2, -0.15) is 10.2 Å². The minimum Gasteiger partial charge on any atom is -0.352 e.